The van der Waals surface area contributed by atoms with Crippen LogP contribution in [-0.4, -0.2) is 9.55 Å². The van der Waals surface area contributed by atoms with Crippen LogP contribution in [0, 0.1) is 34.3 Å². The fourth-order valence-corrected chi connectivity index (χ4v) is 1.49. The Morgan fingerprint density at radius 1 is 1.22 bits per heavy atom. The molecule has 1 aromatic carbocycles. The summed E-state index contributed by atoms with van der Waals surface area (Å²) in [6.45, 7) is 0. The molecule has 5 nitrogen and oxygen atoms in total. The van der Waals surface area contributed by atoms with E-state index >= 15 is 0 Å². The van der Waals surface area contributed by atoms with Gasteiger partial charge in [0.15, 0.2) is 17.2 Å². The second kappa shape index (κ2) is 4.15. The van der Waals surface area contributed by atoms with Crippen molar-refractivity contribution in [2.24, 2.45) is 0 Å². The number of aromatic nitrogens is 2. The van der Waals surface area contributed by atoms with Crippen LogP contribution >= 0.6 is 0 Å². The molecular formula is C11H5F2N5. The number of nitrogen functional groups attached to an aromatic ring is 1. The number of nitriles is 2. The van der Waals surface area contributed by atoms with Crippen molar-refractivity contribution in [3.63, 3.8) is 0 Å². The number of rotatable bonds is 1. The molecule has 2 rings (SSSR count). The summed E-state index contributed by atoms with van der Waals surface area (Å²) >= 11 is 0. The zero-order chi connectivity index (χ0) is 13.3. The Balaban J connectivity index is 2.75. The minimum absolute atomic E-state index is 0.0712. The summed E-state index contributed by atoms with van der Waals surface area (Å²) in [6.07, 6.45) is 1.11. The molecule has 18 heavy (non-hydrogen) atoms. The fraction of sp³-hybridized carbons (Fsp3) is 0. The van der Waals surface area contributed by atoms with Gasteiger partial charge in [0.25, 0.3) is 0 Å². The predicted molar refractivity (Wildman–Crippen MR) is 57.3 cm³/mol. The Kier molecular flexibility index (Phi) is 2.66. The molecule has 0 aliphatic carbocycles. The number of halogens is 2. The van der Waals surface area contributed by atoms with E-state index in [4.69, 9.17) is 16.3 Å². The van der Waals surface area contributed by atoms with E-state index in [9.17, 15) is 8.78 Å². The Hall–Kier alpha value is -2.93. The Labute approximate surface area is 100 Å². The number of nitrogens with zero attached hydrogens (tertiary/aromatic N) is 4. The number of nitrogens with two attached hydrogens (primary N) is 1. The average Bonchev–Trinajstić information content (AvgIpc) is 2.76. The topological polar surface area (TPSA) is 91.4 Å². The van der Waals surface area contributed by atoms with E-state index in [0.717, 1.165) is 17.0 Å². The Morgan fingerprint density at radius 3 is 2.56 bits per heavy atom. The first kappa shape index (κ1) is 11.6. The van der Waals surface area contributed by atoms with Crippen LogP contribution in [0.4, 0.5) is 14.5 Å². The van der Waals surface area contributed by atoms with E-state index in [2.05, 4.69) is 4.98 Å². The molecule has 0 atom stereocenters. The highest BCUT2D eigenvalue weighted by atomic mass is 19.1. The van der Waals surface area contributed by atoms with E-state index in [1.165, 1.54) is 0 Å². The van der Waals surface area contributed by atoms with E-state index in [1.807, 2.05) is 0 Å². The molecule has 2 N–H and O–H groups in total. The summed E-state index contributed by atoms with van der Waals surface area (Å²) in [5.74, 6) is -1.78. The lowest BCUT2D eigenvalue weighted by Gasteiger charge is -2.08. The van der Waals surface area contributed by atoms with Crippen molar-refractivity contribution in [1.29, 1.82) is 10.5 Å². The summed E-state index contributed by atoms with van der Waals surface area (Å²) < 4.78 is 27.5. The first-order chi connectivity index (χ1) is 8.58. The lowest BCUT2D eigenvalue weighted by Crippen LogP contribution is -2.04. The molecule has 0 radical (unpaired) electrons. The van der Waals surface area contributed by atoms with Gasteiger partial charge in [-0.2, -0.15) is 10.5 Å². The third-order valence-corrected chi connectivity index (χ3v) is 2.31. The van der Waals surface area contributed by atoms with E-state index in [1.54, 1.807) is 12.1 Å². The molecule has 2 aromatic rings. The summed E-state index contributed by atoms with van der Waals surface area (Å²) in [7, 11) is 0. The standard InChI is InChI=1S/C11H5F2N5/c12-6-1-7(13)11(16)9(2-6)18-5-17-8(3-14)10(18)4-15/h1-2,5H,16H2. The first-order valence-corrected chi connectivity index (χ1v) is 4.71. The molecule has 0 aliphatic heterocycles. The van der Waals surface area contributed by atoms with Crippen LogP contribution in [0.25, 0.3) is 5.69 Å². The van der Waals surface area contributed by atoms with Crippen LogP contribution in [-0.2, 0) is 0 Å². The number of benzene rings is 1. The third kappa shape index (κ3) is 1.64. The largest absolute Gasteiger partial charge is 0.395 e. The Bertz CT molecular complexity index is 705. The quantitative estimate of drug-likeness (QED) is 0.770. The van der Waals surface area contributed by atoms with Gasteiger partial charge >= 0.3 is 0 Å². The van der Waals surface area contributed by atoms with E-state index < -0.39 is 11.6 Å². The van der Waals surface area contributed by atoms with Crippen LogP contribution in [0.1, 0.15) is 11.4 Å². The summed E-state index contributed by atoms with van der Waals surface area (Å²) in [4.78, 5) is 3.66. The molecule has 0 amide bonds. The molecule has 7 heteroatoms. The van der Waals surface area contributed by atoms with Crippen LogP contribution in [0.5, 0.6) is 0 Å². The van der Waals surface area contributed by atoms with E-state index in [0.29, 0.717) is 6.07 Å². The van der Waals surface area contributed by atoms with Crippen LogP contribution in [0.15, 0.2) is 18.5 Å². The van der Waals surface area contributed by atoms with Gasteiger partial charge in [-0.3, -0.25) is 4.57 Å². The van der Waals surface area contributed by atoms with E-state index in [-0.39, 0.29) is 22.8 Å². The fourth-order valence-electron chi connectivity index (χ4n) is 1.49. The molecular weight excluding hydrogens is 240 g/mol. The highest BCUT2D eigenvalue weighted by Crippen LogP contribution is 2.24. The van der Waals surface area contributed by atoms with Crippen molar-refractivity contribution in [3.8, 4) is 17.8 Å². The number of hydrogen-bond donors (Lipinski definition) is 1. The molecule has 0 saturated heterocycles. The normalized spacial score (nSPS) is 9.78. The van der Waals surface area contributed by atoms with Crippen molar-refractivity contribution in [3.05, 3.63) is 41.5 Å². The van der Waals surface area contributed by atoms with Crippen molar-refractivity contribution in [2.75, 3.05) is 5.73 Å². The molecule has 0 saturated carbocycles. The minimum Gasteiger partial charge on any atom is -0.395 e. The van der Waals surface area contributed by atoms with Gasteiger partial charge in [0.1, 0.15) is 24.3 Å². The van der Waals surface area contributed by atoms with Gasteiger partial charge in [-0.15, -0.1) is 0 Å². The van der Waals surface area contributed by atoms with Gasteiger partial charge in [0.05, 0.1) is 11.4 Å². The zero-order valence-corrected chi connectivity index (χ0v) is 8.85. The summed E-state index contributed by atoms with van der Waals surface area (Å²) in [5.41, 5.74) is 4.81. The van der Waals surface area contributed by atoms with Gasteiger partial charge in [-0.05, 0) is 0 Å². The average molecular weight is 245 g/mol. The lowest BCUT2D eigenvalue weighted by molar-refractivity contribution is 0.584. The number of anilines is 1. The van der Waals surface area contributed by atoms with Gasteiger partial charge in [-0.25, -0.2) is 13.8 Å². The van der Waals surface area contributed by atoms with Crippen molar-refractivity contribution < 1.29 is 8.78 Å². The smallest absolute Gasteiger partial charge is 0.177 e. The lowest BCUT2D eigenvalue weighted by atomic mass is 10.2. The third-order valence-electron chi connectivity index (χ3n) is 2.31. The van der Waals surface area contributed by atoms with Crippen molar-refractivity contribution in [1.82, 2.24) is 9.55 Å². The van der Waals surface area contributed by atoms with Gasteiger partial charge in [0.2, 0.25) is 0 Å². The zero-order valence-electron chi connectivity index (χ0n) is 8.85. The highest BCUT2D eigenvalue weighted by molar-refractivity contribution is 5.61. The molecule has 0 fully saturated rings. The van der Waals surface area contributed by atoms with Crippen molar-refractivity contribution >= 4 is 5.69 Å². The second-order valence-electron chi connectivity index (χ2n) is 3.36. The molecule has 0 spiro atoms. The maximum Gasteiger partial charge on any atom is 0.177 e. The highest BCUT2D eigenvalue weighted by Gasteiger charge is 2.16. The van der Waals surface area contributed by atoms with Crippen LogP contribution < -0.4 is 5.73 Å². The van der Waals surface area contributed by atoms with Crippen LogP contribution in [0.3, 0.4) is 0 Å². The minimum atomic E-state index is -0.943. The Morgan fingerprint density at radius 2 is 1.94 bits per heavy atom. The maximum absolute atomic E-state index is 13.3. The van der Waals surface area contributed by atoms with Gasteiger partial charge in [-0.1, -0.05) is 0 Å². The van der Waals surface area contributed by atoms with Gasteiger partial charge in [0, 0.05) is 12.1 Å². The number of imidazole rings is 1. The predicted octanol–water partition coefficient (Wildman–Crippen LogP) is 1.48. The molecule has 0 unspecified atom stereocenters. The number of hydrogen-bond acceptors (Lipinski definition) is 4. The maximum atomic E-state index is 13.3. The second-order valence-corrected chi connectivity index (χ2v) is 3.36. The molecule has 1 aromatic heterocycles. The summed E-state index contributed by atoms with van der Waals surface area (Å²) in [6, 6.07) is 5.03. The van der Waals surface area contributed by atoms with Crippen LogP contribution in [0.2, 0.25) is 0 Å². The first-order valence-electron chi connectivity index (χ1n) is 4.71. The SMILES string of the molecule is N#Cc1ncn(-c2cc(F)cc(F)c2N)c1C#N. The van der Waals surface area contributed by atoms with Gasteiger partial charge < -0.3 is 5.73 Å². The molecule has 0 bridgehead atoms. The van der Waals surface area contributed by atoms with Crippen molar-refractivity contribution in [2.45, 2.75) is 0 Å². The molecule has 1 heterocycles. The molecule has 88 valence electrons. The monoisotopic (exact) mass is 245 g/mol. The summed E-state index contributed by atoms with van der Waals surface area (Å²) in [5, 5.41) is 17.7. The molecule has 0 aliphatic rings.